The Labute approximate surface area is 150 Å². The van der Waals surface area contributed by atoms with Crippen molar-refractivity contribution < 1.29 is 9.53 Å². The van der Waals surface area contributed by atoms with Crippen molar-refractivity contribution in [3.05, 3.63) is 48.0 Å². The summed E-state index contributed by atoms with van der Waals surface area (Å²) in [6, 6.07) is 8.06. The highest BCUT2D eigenvalue weighted by molar-refractivity contribution is 5.89. The molecule has 26 heavy (non-hydrogen) atoms. The lowest BCUT2D eigenvalue weighted by Crippen LogP contribution is -2.46. The van der Waals surface area contributed by atoms with Gasteiger partial charge in [-0.2, -0.15) is 5.10 Å². The standard InChI is InChI=1S/C18H20N6O2/c1-26-18(25)16-13(10-21-22-16)11-23-6-8-24(9-7-23)17-14-4-2-3-5-15(14)19-12-20-17/h2-5,10,12H,6-9,11H2,1H3,(H,21,22). The van der Waals surface area contributed by atoms with E-state index in [0.717, 1.165) is 48.5 Å². The van der Waals surface area contributed by atoms with Crippen LogP contribution in [0.5, 0.6) is 0 Å². The molecule has 0 radical (unpaired) electrons. The smallest absolute Gasteiger partial charge is 0.356 e. The van der Waals surface area contributed by atoms with E-state index in [0.29, 0.717) is 12.2 Å². The largest absolute Gasteiger partial charge is 0.464 e. The third-order valence-corrected chi connectivity index (χ3v) is 4.69. The van der Waals surface area contributed by atoms with E-state index in [2.05, 4.69) is 36.0 Å². The highest BCUT2D eigenvalue weighted by Crippen LogP contribution is 2.24. The van der Waals surface area contributed by atoms with Crippen molar-refractivity contribution in [2.45, 2.75) is 6.54 Å². The first-order valence-corrected chi connectivity index (χ1v) is 8.54. The van der Waals surface area contributed by atoms with Crippen LogP contribution < -0.4 is 4.90 Å². The molecule has 0 bridgehead atoms. The highest BCUT2D eigenvalue weighted by Gasteiger charge is 2.22. The van der Waals surface area contributed by atoms with Crippen LogP contribution in [0.4, 0.5) is 5.82 Å². The van der Waals surface area contributed by atoms with E-state index in [1.54, 1.807) is 12.5 Å². The van der Waals surface area contributed by atoms with E-state index in [-0.39, 0.29) is 5.97 Å². The van der Waals surface area contributed by atoms with Gasteiger partial charge in [0.25, 0.3) is 0 Å². The van der Waals surface area contributed by atoms with Gasteiger partial charge in [0, 0.05) is 43.7 Å². The molecule has 8 nitrogen and oxygen atoms in total. The maximum absolute atomic E-state index is 11.8. The number of para-hydroxylation sites is 1. The molecule has 3 heterocycles. The van der Waals surface area contributed by atoms with Crippen LogP contribution in [0.25, 0.3) is 10.9 Å². The Hall–Kier alpha value is -3.00. The third kappa shape index (κ3) is 3.11. The van der Waals surface area contributed by atoms with Crippen LogP contribution in [-0.4, -0.2) is 64.3 Å². The number of fused-ring (bicyclic) bond motifs is 1. The van der Waals surface area contributed by atoms with Crippen LogP contribution in [0.3, 0.4) is 0 Å². The number of ether oxygens (including phenoxy) is 1. The number of piperazine rings is 1. The molecule has 1 saturated heterocycles. The minimum absolute atomic E-state index is 0.386. The van der Waals surface area contributed by atoms with E-state index in [1.807, 2.05) is 18.2 Å². The molecular weight excluding hydrogens is 332 g/mol. The monoisotopic (exact) mass is 352 g/mol. The van der Waals surface area contributed by atoms with Gasteiger partial charge in [-0.3, -0.25) is 10.00 Å². The molecule has 1 aromatic carbocycles. The number of benzene rings is 1. The van der Waals surface area contributed by atoms with Crippen molar-refractivity contribution in [1.82, 2.24) is 25.1 Å². The predicted molar refractivity (Wildman–Crippen MR) is 97.0 cm³/mol. The van der Waals surface area contributed by atoms with Crippen LogP contribution in [-0.2, 0) is 11.3 Å². The van der Waals surface area contributed by atoms with Gasteiger partial charge in [0.05, 0.1) is 18.8 Å². The van der Waals surface area contributed by atoms with Gasteiger partial charge in [0.1, 0.15) is 17.8 Å². The van der Waals surface area contributed by atoms with Crippen LogP contribution in [0.15, 0.2) is 36.8 Å². The molecule has 0 amide bonds. The number of nitrogens with zero attached hydrogens (tertiary/aromatic N) is 5. The quantitative estimate of drug-likeness (QED) is 0.711. The Balaban J connectivity index is 1.45. The second-order valence-electron chi connectivity index (χ2n) is 6.24. The van der Waals surface area contributed by atoms with E-state index in [1.165, 1.54) is 7.11 Å². The Bertz CT molecular complexity index is 911. The topological polar surface area (TPSA) is 87.2 Å². The number of hydrogen-bond acceptors (Lipinski definition) is 7. The molecule has 2 aromatic heterocycles. The number of rotatable bonds is 4. The van der Waals surface area contributed by atoms with Gasteiger partial charge in [-0.05, 0) is 12.1 Å². The molecular formula is C18H20N6O2. The van der Waals surface area contributed by atoms with E-state index >= 15 is 0 Å². The number of H-pyrrole nitrogens is 1. The maximum Gasteiger partial charge on any atom is 0.356 e. The van der Waals surface area contributed by atoms with Gasteiger partial charge in [-0.25, -0.2) is 14.8 Å². The summed E-state index contributed by atoms with van der Waals surface area (Å²) in [5.41, 5.74) is 2.25. The van der Waals surface area contributed by atoms with Gasteiger partial charge >= 0.3 is 5.97 Å². The van der Waals surface area contributed by atoms with E-state index < -0.39 is 0 Å². The Morgan fingerprint density at radius 1 is 1.19 bits per heavy atom. The summed E-state index contributed by atoms with van der Waals surface area (Å²) in [7, 11) is 1.37. The lowest BCUT2D eigenvalue weighted by atomic mass is 10.2. The predicted octanol–water partition coefficient (Wildman–Crippen LogP) is 1.46. The molecule has 0 spiro atoms. The molecule has 1 N–H and O–H groups in total. The fourth-order valence-corrected chi connectivity index (χ4v) is 3.31. The van der Waals surface area contributed by atoms with Crippen molar-refractivity contribution in [3.63, 3.8) is 0 Å². The van der Waals surface area contributed by atoms with E-state index in [4.69, 9.17) is 4.74 Å². The summed E-state index contributed by atoms with van der Waals surface area (Å²) in [6.45, 7) is 4.16. The number of nitrogens with one attached hydrogen (secondary N) is 1. The van der Waals surface area contributed by atoms with E-state index in [9.17, 15) is 4.79 Å². The van der Waals surface area contributed by atoms with Gasteiger partial charge < -0.3 is 9.64 Å². The van der Waals surface area contributed by atoms with Crippen molar-refractivity contribution in [2.75, 3.05) is 38.2 Å². The highest BCUT2D eigenvalue weighted by atomic mass is 16.5. The Kier molecular flexibility index (Phi) is 4.49. The summed E-state index contributed by atoms with van der Waals surface area (Å²) < 4.78 is 4.79. The molecule has 1 aliphatic heterocycles. The molecule has 0 unspecified atom stereocenters. The van der Waals surface area contributed by atoms with Crippen LogP contribution >= 0.6 is 0 Å². The van der Waals surface area contributed by atoms with Crippen LogP contribution in [0.1, 0.15) is 16.1 Å². The minimum Gasteiger partial charge on any atom is -0.464 e. The maximum atomic E-state index is 11.8. The fraction of sp³-hybridized carbons (Fsp3) is 0.333. The number of esters is 1. The lowest BCUT2D eigenvalue weighted by molar-refractivity contribution is 0.0591. The number of hydrogen-bond donors (Lipinski definition) is 1. The summed E-state index contributed by atoms with van der Waals surface area (Å²) in [4.78, 5) is 25.2. The van der Waals surface area contributed by atoms with Crippen molar-refractivity contribution >= 4 is 22.7 Å². The Morgan fingerprint density at radius 2 is 2.00 bits per heavy atom. The summed E-state index contributed by atoms with van der Waals surface area (Å²) >= 11 is 0. The van der Waals surface area contributed by atoms with Crippen LogP contribution in [0.2, 0.25) is 0 Å². The number of methoxy groups -OCH3 is 1. The third-order valence-electron chi connectivity index (χ3n) is 4.69. The normalized spacial score (nSPS) is 15.3. The van der Waals surface area contributed by atoms with Crippen molar-refractivity contribution in [1.29, 1.82) is 0 Å². The molecule has 3 aromatic rings. The van der Waals surface area contributed by atoms with Crippen LogP contribution in [0, 0.1) is 0 Å². The average Bonchev–Trinajstić information content (AvgIpc) is 3.16. The van der Waals surface area contributed by atoms with Gasteiger partial charge in [0.2, 0.25) is 0 Å². The fourth-order valence-electron chi connectivity index (χ4n) is 3.31. The molecule has 1 aliphatic rings. The zero-order valence-corrected chi connectivity index (χ0v) is 14.6. The van der Waals surface area contributed by atoms with Gasteiger partial charge in [-0.1, -0.05) is 12.1 Å². The van der Waals surface area contributed by atoms with Crippen molar-refractivity contribution in [3.8, 4) is 0 Å². The zero-order valence-electron chi connectivity index (χ0n) is 14.6. The summed E-state index contributed by atoms with van der Waals surface area (Å²) in [5.74, 6) is 0.595. The minimum atomic E-state index is -0.386. The molecule has 0 aliphatic carbocycles. The molecule has 4 rings (SSSR count). The SMILES string of the molecule is COC(=O)c1[nH]ncc1CN1CCN(c2ncnc3ccccc23)CC1. The number of carbonyl (C=O) groups excluding carboxylic acids is 1. The number of aromatic nitrogens is 4. The summed E-state index contributed by atoms with van der Waals surface area (Å²) in [5, 5.41) is 7.77. The summed E-state index contributed by atoms with van der Waals surface area (Å²) in [6.07, 6.45) is 3.31. The molecule has 0 saturated carbocycles. The van der Waals surface area contributed by atoms with Crippen molar-refractivity contribution in [2.24, 2.45) is 0 Å². The number of carbonyl (C=O) groups is 1. The first-order valence-electron chi connectivity index (χ1n) is 8.54. The molecule has 8 heteroatoms. The average molecular weight is 352 g/mol. The molecule has 134 valence electrons. The number of aromatic amines is 1. The second kappa shape index (κ2) is 7.09. The first-order chi connectivity index (χ1) is 12.8. The van der Waals surface area contributed by atoms with Gasteiger partial charge in [0.15, 0.2) is 0 Å². The lowest BCUT2D eigenvalue weighted by Gasteiger charge is -2.35. The molecule has 0 atom stereocenters. The first kappa shape index (κ1) is 16.5. The number of anilines is 1. The Morgan fingerprint density at radius 3 is 2.81 bits per heavy atom. The second-order valence-corrected chi connectivity index (χ2v) is 6.24. The zero-order chi connectivity index (χ0) is 17.9. The molecule has 1 fully saturated rings. The van der Waals surface area contributed by atoms with Gasteiger partial charge in [-0.15, -0.1) is 0 Å².